The molecule has 1 amide bonds. The van der Waals surface area contributed by atoms with E-state index in [0.717, 1.165) is 27.2 Å². The molecule has 1 N–H and O–H groups in total. The largest absolute Gasteiger partial charge is 0.365 e. The predicted octanol–water partition coefficient (Wildman–Crippen LogP) is 3.48. The van der Waals surface area contributed by atoms with Gasteiger partial charge in [-0.05, 0) is 60.0 Å². The van der Waals surface area contributed by atoms with E-state index < -0.39 is 5.60 Å². The molecule has 2 aromatic rings. The zero-order valence-corrected chi connectivity index (χ0v) is 13.8. The van der Waals surface area contributed by atoms with E-state index >= 15 is 0 Å². The Hall–Kier alpha value is -1.31. The third-order valence-corrected chi connectivity index (χ3v) is 5.08. The Morgan fingerprint density at radius 1 is 1.38 bits per heavy atom. The maximum Gasteiger partial charge on any atom is 0.257 e. The Morgan fingerprint density at radius 2 is 2.24 bits per heavy atom. The Balaban J connectivity index is 1.71. The van der Waals surface area contributed by atoms with Gasteiger partial charge in [0.2, 0.25) is 0 Å². The van der Waals surface area contributed by atoms with Gasteiger partial charge in [-0.3, -0.25) is 4.79 Å². The predicted molar refractivity (Wildman–Crippen MR) is 85.3 cm³/mol. The van der Waals surface area contributed by atoms with Gasteiger partial charge < -0.3 is 10.1 Å². The van der Waals surface area contributed by atoms with Crippen LogP contribution in [0, 0.1) is 0 Å². The monoisotopic (exact) mass is 367 g/mol. The van der Waals surface area contributed by atoms with E-state index in [-0.39, 0.29) is 5.91 Å². The van der Waals surface area contributed by atoms with Crippen molar-refractivity contribution >= 4 is 39.0 Å². The quantitative estimate of drug-likeness (QED) is 0.901. The van der Waals surface area contributed by atoms with Crippen molar-refractivity contribution in [2.45, 2.75) is 25.4 Å². The van der Waals surface area contributed by atoms with Crippen molar-refractivity contribution < 1.29 is 9.53 Å². The fraction of sp³-hybridized carbons (Fsp3) is 0.357. The molecule has 0 saturated carbocycles. The number of thiophene rings is 1. The second-order valence-corrected chi connectivity index (χ2v) is 7.51. The Labute approximate surface area is 134 Å². The van der Waals surface area contributed by atoms with Crippen LogP contribution in [0.3, 0.4) is 0 Å². The first-order chi connectivity index (χ1) is 10.1. The average molecular weight is 368 g/mol. The van der Waals surface area contributed by atoms with Gasteiger partial charge in [-0.1, -0.05) is 0 Å². The molecular weight excluding hydrogens is 354 g/mol. The van der Waals surface area contributed by atoms with Gasteiger partial charge in [-0.2, -0.15) is 0 Å². The van der Waals surface area contributed by atoms with Crippen LogP contribution >= 0.6 is 27.3 Å². The maximum absolute atomic E-state index is 12.2. The van der Waals surface area contributed by atoms with Crippen LogP contribution in [0.1, 0.15) is 19.8 Å². The van der Waals surface area contributed by atoms with Crippen molar-refractivity contribution in [2.24, 2.45) is 0 Å². The van der Waals surface area contributed by atoms with Crippen LogP contribution in [0.4, 0.5) is 5.82 Å². The molecule has 1 atom stereocenters. The SMILES string of the molecule is CC1(C(=O)Nc2ccc(-c3ccc(Br)s3)nn2)CCCO1. The molecule has 0 spiro atoms. The van der Waals surface area contributed by atoms with E-state index in [0.29, 0.717) is 12.4 Å². The summed E-state index contributed by atoms with van der Waals surface area (Å²) in [6.45, 7) is 2.43. The van der Waals surface area contributed by atoms with E-state index in [1.54, 1.807) is 24.3 Å². The number of aromatic nitrogens is 2. The van der Waals surface area contributed by atoms with Crippen molar-refractivity contribution in [3.05, 3.63) is 28.1 Å². The third kappa shape index (κ3) is 3.14. The van der Waals surface area contributed by atoms with Crippen LogP contribution in [-0.4, -0.2) is 28.3 Å². The molecule has 3 heterocycles. The number of carbonyl (C=O) groups is 1. The summed E-state index contributed by atoms with van der Waals surface area (Å²) in [4.78, 5) is 13.2. The number of nitrogens with zero attached hydrogens (tertiary/aromatic N) is 2. The molecule has 7 heteroatoms. The van der Waals surface area contributed by atoms with Crippen molar-refractivity contribution in [1.82, 2.24) is 10.2 Å². The summed E-state index contributed by atoms with van der Waals surface area (Å²) < 4.78 is 6.55. The Kier molecular flexibility index (Phi) is 4.05. The zero-order chi connectivity index (χ0) is 14.9. The summed E-state index contributed by atoms with van der Waals surface area (Å²) >= 11 is 5.01. The molecule has 1 saturated heterocycles. The molecule has 0 radical (unpaired) electrons. The van der Waals surface area contributed by atoms with Gasteiger partial charge in [0.15, 0.2) is 5.82 Å². The minimum absolute atomic E-state index is 0.166. The number of ether oxygens (including phenoxy) is 1. The lowest BCUT2D eigenvalue weighted by Crippen LogP contribution is -2.39. The highest BCUT2D eigenvalue weighted by Crippen LogP contribution is 2.30. The van der Waals surface area contributed by atoms with E-state index in [1.807, 2.05) is 18.2 Å². The first-order valence-corrected chi connectivity index (χ1v) is 8.23. The normalized spacial score (nSPS) is 21.4. The van der Waals surface area contributed by atoms with Gasteiger partial charge >= 0.3 is 0 Å². The van der Waals surface area contributed by atoms with Crippen LogP contribution in [0.5, 0.6) is 0 Å². The molecule has 3 rings (SSSR count). The van der Waals surface area contributed by atoms with Gasteiger partial charge in [0.25, 0.3) is 5.91 Å². The lowest BCUT2D eigenvalue weighted by Gasteiger charge is -2.21. The highest BCUT2D eigenvalue weighted by molar-refractivity contribution is 9.11. The minimum atomic E-state index is -0.751. The number of halogens is 1. The summed E-state index contributed by atoms with van der Waals surface area (Å²) in [6, 6.07) is 7.55. The topological polar surface area (TPSA) is 64.1 Å². The molecular formula is C14H14BrN3O2S. The number of rotatable bonds is 3. The van der Waals surface area contributed by atoms with Gasteiger partial charge in [-0.15, -0.1) is 21.5 Å². The lowest BCUT2D eigenvalue weighted by atomic mass is 10.0. The van der Waals surface area contributed by atoms with Crippen LogP contribution < -0.4 is 5.32 Å². The van der Waals surface area contributed by atoms with Gasteiger partial charge in [0, 0.05) is 6.61 Å². The summed E-state index contributed by atoms with van der Waals surface area (Å²) in [6.07, 6.45) is 1.63. The van der Waals surface area contributed by atoms with Crippen LogP contribution in [-0.2, 0) is 9.53 Å². The second kappa shape index (κ2) is 5.82. The molecule has 0 aliphatic carbocycles. The van der Waals surface area contributed by atoms with E-state index in [4.69, 9.17) is 4.74 Å². The number of carbonyl (C=O) groups excluding carboxylic acids is 1. The molecule has 0 bridgehead atoms. The number of anilines is 1. The van der Waals surface area contributed by atoms with E-state index in [9.17, 15) is 4.79 Å². The minimum Gasteiger partial charge on any atom is -0.365 e. The van der Waals surface area contributed by atoms with Gasteiger partial charge in [0.1, 0.15) is 11.3 Å². The second-order valence-electron chi connectivity index (χ2n) is 5.04. The molecule has 1 fully saturated rings. The summed E-state index contributed by atoms with van der Waals surface area (Å²) in [7, 11) is 0. The van der Waals surface area contributed by atoms with Crippen molar-refractivity contribution in [2.75, 3.05) is 11.9 Å². The number of hydrogen-bond donors (Lipinski definition) is 1. The Bertz CT molecular complexity index is 650. The number of nitrogens with one attached hydrogen (secondary N) is 1. The molecule has 110 valence electrons. The van der Waals surface area contributed by atoms with E-state index in [2.05, 4.69) is 31.4 Å². The lowest BCUT2D eigenvalue weighted by molar-refractivity contribution is -0.133. The summed E-state index contributed by atoms with van der Waals surface area (Å²) in [5, 5.41) is 11.0. The van der Waals surface area contributed by atoms with Crippen molar-refractivity contribution in [1.29, 1.82) is 0 Å². The van der Waals surface area contributed by atoms with Crippen molar-refractivity contribution in [3.63, 3.8) is 0 Å². The maximum atomic E-state index is 12.2. The summed E-state index contributed by atoms with van der Waals surface area (Å²) in [5.41, 5.74) is 0.0333. The van der Waals surface area contributed by atoms with E-state index in [1.165, 1.54) is 0 Å². The Morgan fingerprint density at radius 3 is 2.81 bits per heavy atom. The van der Waals surface area contributed by atoms with Gasteiger partial charge in [0.05, 0.1) is 8.66 Å². The molecule has 1 aliphatic heterocycles. The smallest absolute Gasteiger partial charge is 0.257 e. The molecule has 5 nitrogen and oxygen atoms in total. The summed E-state index contributed by atoms with van der Waals surface area (Å²) in [5.74, 6) is 0.275. The third-order valence-electron chi connectivity index (χ3n) is 3.43. The first-order valence-electron chi connectivity index (χ1n) is 6.62. The van der Waals surface area contributed by atoms with Crippen LogP contribution in [0.25, 0.3) is 10.6 Å². The highest BCUT2D eigenvalue weighted by Gasteiger charge is 2.37. The standard InChI is InChI=1S/C14H14BrN3O2S/c1-14(7-2-8-20-14)13(19)16-12-6-3-9(17-18-12)10-4-5-11(15)21-10/h3-6H,2,7-8H2,1H3,(H,16,18,19). The fourth-order valence-corrected chi connectivity index (χ4v) is 3.54. The fourth-order valence-electron chi connectivity index (χ4n) is 2.19. The van der Waals surface area contributed by atoms with Crippen LogP contribution in [0.2, 0.25) is 0 Å². The van der Waals surface area contributed by atoms with Crippen LogP contribution in [0.15, 0.2) is 28.1 Å². The first kappa shape index (κ1) is 14.6. The van der Waals surface area contributed by atoms with Crippen molar-refractivity contribution in [3.8, 4) is 10.6 Å². The highest BCUT2D eigenvalue weighted by atomic mass is 79.9. The average Bonchev–Trinajstić information content (AvgIpc) is 3.09. The number of hydrogen-bond acceptors (Lipinski definition) is 5. The zero-order valence-electron chi connectivity index (χ0n) is 11.4. The van der Waals surface area contributed by atoms with Gasteiger partial charge in [-0.25, -0.2) is 0 Å². The molecule has 0 aromatic carbocycles. The molecule has 2 aromatic heterocycles. The molecule has 1 aliphatic rings. The molecule has 1 unspecified atom stereocenters. The number of amides is 1. The molecule has 21 heavy (non-hydrogen) atoms.